The number of hydrogen-bond acceptors (Lipinski definition) is 5. The molecule has 3 aromatic rings. The summed E-state index contributed by atoms with van der Waals surface area (Å²) >= 11 is 1.01. The van der Waals surface area contributed by atoms with Crippen molar-refractivity contribution in [2.45, 2.75) is 31.6 Å². The van der Waals surface area contributed by atoms with E-state index < -0.39 is 10.0 Å². The maximum atomic E-state index is 12.9. The molecule has 5 nitrogen and oxygen atoms in total. The summed E-state index contributed by atoms with van der Waals surface area (Å²) in [6, 6.07) is 10.9. The van der Waals surface area contributed by atoms with Crippen molar-refractivity contribution in [3.8, 4) is 0 Å². The average Bonchev–Trinajstić information content (AvgIpc) is 3.03. The van der Waals surface area contributed by atoms with Crippen molar-refractivity contribution in [3.63, 3.8) is 0 Å². The molecule has 23 heavy (non-hydrogen) atoms. The van der Waals surface area contributed by atoms with E-state index in [0.29, 0.717) is 16.7 Å². The molecule has 0 radical (unpaired) electrons. The Bertz CT molecular complexity index is 927. The van der Waals surface area contributed by atoms with Crippen LogP contribution < -0.4 is 4.72 Å². The molecule has 0 spiro atoms. The smallest absolute Gasteiger partial charge is 0.264 e. The predicted molar refractivity (Wildman–Crippen MR) is 93.4 cm³/mol. The lowest BCUT2D eigenvalue weighted by molar-refractivity contribution is 0.602. The average molecular weight is 347 g/mol. The van der Waals surface area contributed by atoms with Gasteiger partial charge in [-0.1, -0.05) is 38.1 Å². The molecule has 1 aromatic heterocycles. The molecule has 120 valence electrons. The quantitative estimate of drug-likeness (QED) is 0.765. The molecule has 0 aliphatic carbocycles. The zero-order chi connectivity index (χ0) is 16.4. The van der Waals surface area contributed by atoms with E-state index in [0.717, 1.165) is 35.7 Å². The molecule has 2 aromatic carbocycles. The summed E-state index contributed by atoms with van der Waals surface area (Å²) in [5.41, 5.74) is 3.65. The van der Waals surface area contributed by atoms with Gasteiger partial charge in [0.15, 0.2) is 0 Å². The van der Waals surface area contributed by atoms with E-state index >= 15 is 0 Å². The minimum Gasteiger partial charge on any atom is -0.279 e. The molecule has 7 heteroatoms. The van der Waals surface area contributed by atoms with Gasteiger partial charge in [0.2, 0.25) is 0 Å². The van der Waals surface area contributed by atoms with Crippen molar-refractivity contribution in [2.24, 2.45) is 0 Å². The van der Waals surface area contributed by atoms with Gasteiger partial charge in [-0.25, -0.2) is 8.42 Å². The van der Waals surface area contributed by atoms with Crippen molar-refractivity contribution < 1.29 is 8.42 Å². The van der Waals surface area contributed by atoms with Crippen molar-refractivity contribution in [1.29, 1.82) is 0 Å². The Morgan fingerprint density at radius 3 is 2.30 bits per heavy atom. The van der Waals surface area contributed by atoms with Gasteiger partial charge in [0.05, 0.1) is 17.4 Å². The molecule has 0 fully saturated rings. The first-order valence-corrected chi connectivity index (χ1v) is 9.63. The first-order valence-electron chi connectivity index (χ1n) is 7.41. The van der Waals surface area contributed by atoms with Crippen LogP contribution >= 0.6 is 11.7 Å². The number of anilines is 1. The Balaban J connectivity index is 2.11. The van der Waals surface area contributed by atoms with E-state index in [9.17, 15) is 8.42 Å². The van der Waals surface area contributed by atoms with Crippen LogP contribution in [-0.4, -0.2) is 17.2 Å². The molecule has 1 N–H and O–H groups in total. The van der Waals surface area contributed by atoms with Crippen molar-refractivity contribution in [1.82, 2.24) is 8.75 Å². The molecule has 0 amide bonds. The second kappa shape index (κ2) is 6.25. The number of fused-ring (bicyclic) bond motifs is 1. The lowest BCUT2D eigenvalue weighted by atomic mass is 10.0. The fourth-order valence-electron chi connectivity index (χ4n) is 2.56. The normalized spacial score (nSPS) is 11.7. The van der Waals surface area contributed by atoms with E-state index in [2.05, 4.69) is 13.5 Å². The Morgan fingerprint density at radius 2 is 1.65 bits per heavy atom. The molecule has 3 rings (SSSR count). The summed E-state index contributed by atoms with van der Waals surface area (Å²) < 4.78 is 36.7. The Labute approximate surface area is 139 Å². The van der Waals surface area contributed by atoms with E-state index in [1.54, 1.807) is 18.2 Å². The third-order valence-electron chi connectivity index (χ3n) is 3.77. The first kappa shape index (κ1) is 15.9. The number of nitrogens with zero attached hydrogens (tertiary/aromatic N) is 2. The minimum absolute atomic E-state index is 0.164. The zero-order valence-electron chi connectivity index (χ0n) is 12.9. The van der Waals surface area contributed by atoms with E-state index in [1.807, 2.05) is 32.0 Å². The van der Waals surface area contributed by atoms with Gasteiger partial charge in [-0.2, -0.15) is 8.75 Å². The predicted octanol–water partition coefficient (Wildman–Crippen LogP) is 3.62. The highest BCUT2D eigenvalue weighted by Crippen LogP contribution is 2.28. The fraction of sp³-hybridized carbons (Fsp3) is 0.250. The molecular weight excluding hydrogens is 330 g/mol. The van der Waals surface area contributed by atoms with Crippen LogP contribution in [0.1, 0.15) is 25.0 Å². The first-order chi connectivity index (χ1) is 11.1. The second-order valence-electron chi connectivity index (χ2n) is 5.15. The number of nitrogens with one attached hydrogen (secondary N) is 1. The summed E-state index contributed by atoms with van der Waals surface area (Å²) in [6.45, 7) is 4.02. The van der Waals surface area contributed by atoms with Crippen LogP contribution in [0.15, 0.2) is 41.3 Å². The highest BCUT2D eigenvalue weighted by molar-refractivity contribution is 7.93. The monoisotopic (exact) mass is 347 g/mol. The van der Waals surface area contributed by atoms with E-state index in [4.69, 9.17) is 0 Å². The summed E-state index contributed by atoms with van der Waals surface area (Å²) in [5.74, 6) is 0. The van der Waals surface area contributed by atoms with Gasteiger partial charge in [0.1, 0.15) is 15.9 Å². The van der Waals surface area contributed by atoms with Gasteiger partial charge >= 0.3 is 0 Å². The van der Waals surface area contributed by atoms with Gasteiger partial charge in [-0.3, -0.25) is 4.72 Å². The van der Waals surface area contributed by atoms with Gasteiger partial charge < -0.3 is 0 Å². The molecule has 0 saturated carbocycles. The molecule has 0 aliphatic heterocycles. The lowest BCUT2D eigenvalue weighted by Gasteiger charge is -2.15. The third kappa shape index (κ3) is 2.94. The topological polar surface area (TPSA) is 72.0 Å². The Hall–Kier alpha value is -1.99. The van der Waals surface area contributed by atoms with Crippen molar-refractivity contribution >= 4 is 38.5 Å². The number of hydrogen-bond donors (Lipinski definition) is 1. The summed E-state index contributed by atoms with van der Waals surface area (Å²) in [5, 5.41) is 0. The maximum Gasteiger partial charge on any atom is 0.264 e. The Morgan fingerprint density at radius 1 is 1.00 bits per heavy atom. The molecule has 1 heterocycles. The van der Waals surface area contributed by atoms with Crippen LogP contribution in [0, 0.1) is 0 Å². The number of rotatable bonds is 5. The third-order valence-corrected chi connectivity index (χ3v) is 5.70. The fourth-order valence-corrected chi connectivity index (χ4v) is 4.47. The molecule has 0 unspecified atom stereocenters. The number of benzene rings is 2. The van der Waals surface area contributed by atoms with Crippen molar-refractivity contribution in [2.75, 3.05) is 4.72 Å². The van der Waals surface area contributed by atoms with Crippen LogP contribution in [0.25, 0.3) is 11.0 Å². The van der Waals surface area contributed by atoms with Crippen LogP contribution in [0.4, 0.5) is 5.69 Å². The summed E-state index contributed by atoms with van der Waals surface area (Å²) in [7, 11) is -3.72. The Kier molecular flexibility index (Phi) is 4.32. The SMILES string of the molecule is CCc1cccc(CC)c1NS(=O)(=O)c1cccc2nsnc12. The van der Waals surface area contributed by atoms with Crippen molar-refractivity contribution in [3.05, 3.63) is 47.5 Å². The second-order valence-corrected chi connectivity index (χ2v) is 7.33. The summed E-state index contributed by atoms with van der Waals surface area (Å²) in [4.78, 5) is 0.164. The lowest BCUT2D eigenvalue weighted by Crippen LogP contribution is -2.16. The molecule has 0 aliphatic rings. The standard InChI is InChI=1S/C16H17N3O2S2/c1-3-11-7-5-8-12(4-2)15(11)19-23(20,21)14-10-6-9-13-16(14)18-22-17-13/h5-10,19H,3-4H2,1-2H3. The number of aryl methyl sites for hydroxylation is 2. The van der Waals surface area contributed by atoms with Crippen LogP contribution in [-0.2, 0) is 22.9 Å². The van der Waals surface area contributed by atoms with Crippen LogP contribution in [0.3, 0.4) is 0 Å². The molecule has 0 saturated heterocycles. The van der Waals surface area contributed by atoms with Gasteiger partial charge in [-0.05, 0) is 36.1 Å². The number of aromatic nitrogens is 2. The van der Waals surface area contributed by atoms with Gasteiger partial charge in [0.25, 0.3) is 10.0 Å². The molecular formula is C16H17N3O2S2. The molecule has 0 atom stereocenters. The minimum atomic E-state index is -3.72. The molecule has 0 bridgehead atoms. The maximum absolute atomic E-state index is 12.9. The highest BCUT2D eigenvalue weighted by atomic mass is 32.2. The van der Waals surface area contributed by atoms with Gasteiger partial charge in [0, 0.05) is 0 Å². The number of para-hydroxylation sites is 1. The largest absolute Gasteiger partial charge is 0.279 e. The van der Waals surface area contributed by atoms with Crippen LogP contribution in [0.2, 0.25) is 0 Å². The van der Waals surface area contributed by atoms with E-state index in [-0.39, 0.29) is 4.90 Å². The zero-order valence-corrected chi connectivity index (χ0v) is 14.5. The highest BCUT2D eigenvalue weighted by Gasteiger charge is 2.21. The van der Waals surface area contributed by atoms with Gasteiger partial charge in [-0.15, -0.1) is 0 Å². The summed E-state index contributed by atoms with van der Waals surface area (Å²) in [6.07, 6.45) is 1.52. The number of sulfonamides is 1. The van der Waals surface area contributed by atoms with Crippen LogP contribution in [0.5, 0.6) is 0 Å². The van der Waals surface area contributed by atoms with E-state index in [1.165, 1.54) is 0 Å².